The first-order valence-corrected chi connectivity index (χ1v) is 11.0. The van der Waals surface area contributed by atoms with E-state index in [0.717, 1.165) is 37.0 Å². The summed E-state index contributed by atoms with van der Waals surface area (Å²) < 4.78 is 32.3. The average molecular weight is 405 g/mol. The van der Waals surface area contributed by atoms with E-state index in [9.17, 15) is 13.2 Å². The topological polar surface area (TPSA) is 84.5 Å². The summed E-state index contributed by atoms with van der Waals surface area (Å²) in [4.78, 5) is 12.4. The van der Waals surface area contributed by atoms with Crippen LogP contribution < -0.4 is 14.8 Å². The fourth-order valence-electron chi connectivity index (χ4n) is 2.69. The summed E-state index contributed by atoms with van der Waals surface area (Å²) in [5.74, 6) is 0.565. The first kappa shape index (κ1) is 21.9. The third-order valence-corrected chi connectivity index (χ3v) is 5.77. The summed E-state index contributed by atoms with van der Waals surface area (Å²) in [6, 6.07) is 13.5. The van der Waals surface area contributed by atoms with Gasteiger partial charge in [-0.2, -0.15) is 0 Å². The number of amides is 1. The van der Waals surface area contributed by atoms with Crippen LogP contribution in [-0.4, -0.2) is 28.0 Å². The molecule has 2 aromatic carbocycles. The quantitative estimate of drug-likeness (QED) is 0.559. The van der Waals surface area contributed by atoms with Crippen molar-refractivity contribution in [1.82, 2.24) is 4.72 Å². The van der Waals surface area contributed by atoms with Crippen LogP contribution >= 0.6 is 0 Å². The minimum absolute atomic E-state index is 0.171. The first-order chi connectivity index (χ1) is 13.4. The zero-order valence-electron chi connectivity index (χ0n) is 16.4. The molecule has 2 rings (SSSR count). The maximum atomic E-state index is 12.3. The van der Waals surface area contributed by atoms with Gasteiger partial charge < -0.3 is 10.1 Å². The maximum absolute atomic E-state index is 12.3. The number of anilines is 1. The second-order valence-corrected chi connectivity index (χ2v) is 8.32. The Hall–Kier alpha value is -2.38. The second-order valence-electron chi connectivity index (χ2n) is 6.56. The molecule has 0 radical (unpaired) electrons. The van der Waals surface area contributed by atoms with Crippen molar-refractivity contribution < 1.29 is 17.9 Å². The van der Waals surface area contributed by atoms with E-state index in [1.807, 2.05) is 12.1 Å². The Kier molecular flexibility index (Phi) is 8.47. The van der Waals surface area contributed by atoms with Crippen LogP contribution in [0.5, 0.6) is 5.75 Å². The van der Waals surface area contributed by atoms with Gasteiger partial charge in [0.1, 0.15) is 5.75 Å². The molecule has 0 heterocycles. The largest absolute Gasteiger partial charge is 0.497 e. The van der Waals surface area contributed by atoms with E-state index in [4.69, 9.17) is 4.74 Å². The molecule has 7 heteroatoms. The highest BCUT2D eigenvalue weighted by atomic mass is 32.2. The van der Waals surface area contributed by atoms with Crippen LogP contribution in [0.2, 0.25) is 0 Å². The smallest absolute Gasteiger partial charge is 0.240 e. The molecule has 2 aromatic rings. The molecular weight excluding hydrogens is 376 g/mol. The van der Waals surface area contributed by atoms with Gasteiger partial charge in [0.05, 0.1) is 18.4 Å². The summed E-state index contributed by atoms with van der Waals surface area (Å²) in [6.45, 7) is 2.55. The third kappa shape index (κ3) is 6.98. The van der Waals surface area contributed by atoms with Gasteiger partial charge in [-0.25, -0.2) is 13.1 Å². The van der Waals surface area contributed by atoms with E-state index in [1.165, 1.54) is 12.1 Å². The number of hydrogen-bond donors (Lipinski definition) is 2. The number of nitrogens with one attached hydrogen (secondary N) is 2. The number of benzene rings is 2. The molecule has 0 fully saturated rings. The molecule has 1 amide bonds. The molecule has 0 saturated heterocycles. The Balaban J connectivity index is 1.87. The predicted molar refractivity (Wildman–Crippen MR) is 111 cm³/mol. The molecule has 0 unspecified atom stereocenters. The molecule has 0 saturated carbocycles. The predicted octanol–water partition coefficient (Wildman–Crippen LogP) is 3.74. The van der Waals surface area contributed by atoms with Crippen molar-refractivity contribution >= 4 is 21.6 Å². The van der Waals surface area contributed by atoms with Crippen molar-refractivity contribution in [3.8, 4) is 5.75 Å². The van der Waals surface area contributed by atoms with Crippen molar-refractivity contribution in [3.05, 3.63) is 54.1 Å². The molecule has 0 aliphatic carbocycles. The Bertz CT molecular complexity index is 847. The highest BCUT2D eigenvalue weighted by Gasteiger charge is 2.13. The van der Waals surface area contributed by atoms with Gasteiger partial charge in [-0.3, -0.25) is 4.79 Å². The fourth-order valence-corrected chi connectivity index (χ4v) is 3.77. The minimum atomic E-state index is -3.52. The molecular formula is C21H28N2O4S. The average Bonchev–Trinajstić information content (AvgIpc) is 2.68. The number of carbonyl (C=O) groups is 1. The van der Waals surface area contributed by atoms with Crippen LogP contribution in [0, 0.1) is 0 Å². The van der Waals surface area contributed by atoms with Gasteiger partial charge >= 0.3 is 0 Å². The van der Waals surface area contributed by atoms with Crippen LogP contribution in [0.15, 0.2) is 53.4 Å². The van der Waals surface area contributed by atoms with Crippen molar-refractivity contribution in [2.45, 2.75) is 43.9 Å². The van der Waals surface area contributed by atoms with E-state index in [-0.39, 0.29) is 17.2 Å². The van der Waals surface area contributed by atoms with Crippen LogP contribution in [-0.2, 0) is 21.2 Å². The second kappa shape index (κ2) is 10.8. The Morgan fingerprint density at radius 1 is 0.964 bits per heavy atom. The van der Waals surface area contributed by atoms with Gasteiger partial charge in [0.25, 0.3) is 0 Å². The lowest BCUT2D eigenvalue weighted by atomic mass is 10.1. The van der Waals surface area contributed by atoms with Crippen LogP contribution in [0.1, 0.15) is 38.2 Å². The lowest BCUT2D eigenvalue weighted by Gasteiger charge is -2.09. The van der Waals surface area contributed by atoms with Gasteiger partial charge in [-0.1, -0.05) is 38.3 Å². The zero-order valence-corrected chi connectivity index (χ0v) is 17.2. The summed E-state index contributed by atoms with van der Waals surface area (Å²) in [5.41, 5.74) is 1.42. The summed E-state index contributed by atoms with van der Waals surface area (Å²) in [5, 5.41) is 2.78. The minimum Gasteiger partial charge on any atom is -0.497 e. The van der Waals surface area contributed by atoms with Crippen molar-refractivity contribution in [1.29, 1.82) is 0 Å². The molecule has 0 spiro atoms. The van der Waals surface area contributed by atoms with Crippen molar-refractivity contribution in [3.63, 3.8) is 0 Å². The Morgan fingerprint density at radius 2 is 1.64 bits per heavy atom. The summed E-state index contributed by atoms with van der Waals surface area (Å²) in [7, 11) is -1.93. The lowest BCUT2D eigenvalue weighted by molar-refractivity contribution is -0.115. The molecule has 0 bridgehead atoms. The van der Waals surface area contributed by atoms with E-state index in [0.29, 0.717) is 12.2 Å². The van der Waals surface area contributed by atoms with E-state index >= 15 is 0 Å². The van der Waals surface area contributed by atoms with Crippen LogP contribution in [0.3, 0.4) is 0 Å². The molecule has 0 aliphatic heterocycles. The third-order valence-electron chi connectivity index (χ3n) is 4.29. The van der Waals surface area contributed by atoms with Crippen molar-refractivity contribution in [2.75, 3.05) is 19.0 Å². The highest BCUT2D eigenvalue weighted by Crippen LogP contribution is 2.16. The number of methoxy groups -OCH3 is 1. The molecule has 0 aromatic heterocycles. The van der Waals surface area contributed by atoms with Gasteiger partial charge in [-0.05, 0) is 48.4 Å². The Labute approximate surface area is 167 Å². The van der Waals surface area contributed by atoms with Gasteiger partial charge in [-0.15, -0.1) is 0 Å². The van der Waals surface area contributed by atoms with Gasteiger partial charge in [0.2, 0.25) is 15.9 Å². The first-order valence-electron chi connectivity index (χ1n) is 9.47. The van der Waals surface area contributed by atoms with E-state index < -0.39 is 10.0 Å². The van der Waals surface area contributed by atoms with E-state index in [1.54, 1.807) is 31.4 Å². The van der Waals surface area contributed by atoms with Crippen molar-refractivity contribution in [2.24, 2.45) is 0 Å². The lowest BCUT2D eigenvalue weighted by Crippen LogP contribution is -2.24. The number of sulfonamides is 1. The number of rotatable bonds is 11. The molecule has 0 aliphatic rings. The maximum Gasteiger partial charge on any atom is 0.240 e. The van der Waals surface area contributed by atoms with E-state index in [2.05, 4.69) is 17.0 Å². The number of carbonyl (C=O) groups excluding carboxylic acids is 1. The standard InChI is InChI=1S/C21H28N2O4S/c1-3-4-5-6-15-22-28(25,26)20-13-9-18(10-14-20)23-21(24)16-17-7-11-19(27-2)12-8-17/h7-14,22H,3-6,15-16H2,1-2H3,(H,23,24). The fraction of sp³-hybridized carbons (Fsp3) is 0.381. The highest BCUT2D eigenvalue weighted by molar-refractivity contribution is 7.89. The number of ether oxygens (including phenoxy) is 1. The van der Waals surface area contributed by atoms with Crippen LogP contribution in [0.25, 0.3) is 0 Å². The number of unbranched alkanes of at least 4 members (excludes halogenated alkanes) is 3. The molecule has 0 atom stereocenters. The summed E-state index contributed by atoms with van der Waals surface area (Å²) in [6.07, 6.45) is 4.28. The van der Waals surface area contributed by atoms with Gasteiger partial charge in [0, 0.05) is 12.2 Å². The Morgan fingerprint density at radius 3 is 2.25 bits per heavy atom. The molecule has 152 valence electrons. The zero-order chi connectivity index (χ0) is 20.4. The molecule has 6 nitrogen and oxygen atoms in total. The SMILES string of the molecule is CCCCCCNS(=O)(=O)c1ccc(NC(=O)Cc2ccc(OC)cc2)cc1. The monoisotopic (exact) mass is 404 g/mol. The normalized spacial score (nSPS) is 11.2. The van der Waals surface area contributed by atoms with Gasteiger partial charge in [0.15, 0.2) is 0 Å². The number of hydrogen-bond acceptors (Lipinski definition) is 4. The molecule has 2 N–H and O–H groups in total. The summed E-state index contributed by atoms with van der Waals surface area (Å²) >= 11 is 0. The van der Waals surface area contributed by atoms with Crippen LogP contribution in [0.4, 0.5) is 5.69 Å². The molecule has 28 heavy (non-hydrogen) atoms.